The maximum absolute atomic E-state index is 14.7. The van der Waals surface area contributed by atoms with Gasteiger partial charge in [0, 0.05) is 30.5 Å². The second kappa shape index (κ2) is 10.8. The summed E-state index contributed by atoms with van der Waals surface area (Å²) in [5.41, 5.74) is 0.723. The number of nitrogens with zero attached hydrogens (tertiary/aromatic N) is 2. The van der Waals surface area contributed by atoms with Crippen LogP contribution in [0.5, 0.6) is 11.6 Å². The molecular weight excluding hydrogens is 481 g/mol. The largest absolute Gasteiger partial charge is 0.493 e. The third kappa shape index (κ3) is 6.15. The highest BCUT2D eigenvalue weighted by atomic mass is 32.2. The zero-order valence-electron chi connectivity index (χ0n) is 20.4. The summed E-state index contributed by atoms with van der Waals surface area (Å²) in [6, 6.07) is 0.461. The van der Waals surface area contributed by atoms with Gasteiger partial charge in [0.25, 0.3) is 5.88 Å². The molecule has 1 saturated carbocycles. The lowest BCUT2D eigenvalue weighted by atomic mass is 9.85. The Kier molecular flexibility index (Phi) is 8.02. The van der Waals surface area contributed by atoms with Gasteiger partial charge in [-0.25, -0.2) is 22.9 Å². The summed E-state index contributed by atoms with van der Waals surface area (Å²) < 4.78 is 63.7. The van der Waals surface area contributed by atoms with E-state index in [2.05, 4.69) is 9.71 Å². The molecule has 4 aliphatic rings. The molecular formula is C23H34FN3O7S. The van der Waals surface area contributed by atoms with E-state index in [4.69, 9.17) is 18.9 Å². The van der Waals surface area contributed by atoms with Gasteiger partial charge in [0.1, 0.15) is 0 Å². The minimum atomic E-state index is -3.47. The number of hydrogen-bond donors (Lipinski definition) is 1. The molecule has 3 aliphatic heterocycles. The van der Waals surface area contributed by atoms with Crippen molar-refractivity contribution in [2.24, 2.45) is 0 Å². The summed E-state index contributed by atoms with van der Waals surface area (Å²) >= 11 is 0. The van der Waals surface area contributed by atoms with E-state index < -0.39 is 34.0 Å². The normalized spacial score (nSPS) is 30.2. The van der Waals surface area contributed by atoms with Gasteiger partial charge in [-0.1, -0.05) is 0 Å². The number of aromatic nitrogens is 1. The number of hydrogen-bond acceptors (Lipinski definition) is 8. The highest BCUT2D eigenvalue weighted by Crippen LogP contribution is 2.37. The number of nitrogens with one attached hydrogen (secondary N) is 1. The fraction of sp³-hybridized carbons (Fsp3) is 0.739. The molecule has 12 heteroatoms. The van der Waals surface area contributed by atoms with Crippen molar-refractivity contribution in [1.82, 2.24) is 14.6 Å². The molecule has 1 N–H and O–H groups in total. The first-order valence-corrected chi connectivity index (χ1v) is 14.0. The van der Waals surface area contributed by atoms with Crippen molar-refractivity contribution in [1.29, 1.82) is 0 Å². The highest BCUT2D eigenvalue weighted by Gasteiger charge is 2.44. The monoisotopic (exact) mass is 515 g/mol. The van der Waals surface area contributed by atoms with Gasteiger partial charge in [0.05, 0.1) is 51.0 Å². The minimum absolute atomic E-state index is 0.0346. The fourth-order valence-electron chi connectivity index (χ4n) is 5.25. The molecule has 4 bridgehead atoms. The molecule has 2 fully saturated rings. The van der Waals surface area contributed by atoms with Crippen LogP contribution in [0.3, 0.4) is 0 Å². The van der Waals surface area contributed by atoms with Crippen LogP contribution in [0.4, 0.5) is 9.18 Å². The first kappa shape index (κ1) is 25.9. The van der Waals surface area contributed by atoms with Gasteiger partial charge in [0.2, 0.25) is 15.8 Å². The molecule has 3 atom stereocenters. The van der Waals surface area contributed by atoms with Crippen LogP contribution in [0, 0.1) is 5.82 Å². The first-order valence-electron chi connectivity index (χ1n) is 12.1. The number of amides is 1. The second-order valence-corrected chi connectivity index (χ2v) is 11.3. The molecule has 1 amide bonds. The topological polar surface area (TPSA) is 116 Å². The summed E-state index contributed by atoms with van der Waals surface area (Å²) in [6.07, 6.45) is 4.45. The van der Waals surface area contributed by atoms with Gasteiger partial charge in [-0.3, -0.25) is 4.90 Å². The summed E-state index contributed by atoms with van der Waals surface area (Å²) in [4.78, 5) is 18.9. The number of ether oxygens (including phenoxy) is 4. The van der Waals surface area contributed by atoms with Crippen LogP contribution < -0.4 is 14.2 Å². The number of rotatable bonds is 3. The van der Waals surface area contributed by atoms with E-state index in [-0.39, 0.29) is 49.5 Å². The van der Waals surface area contributed by atoms with Crippen LogP contribution in [0.1, 0.15) is 57.1 Å². The maximum atomic E-state index is 14.7. The van der Waals surface area contributed by atoms with Gasteiger partial charge in [-0.2, -0.15) is 4.39 Å². The number of fused-ring (bicyclic) bond motifs is 8. The molecule has 1 aliphatic carbocycles. The van der Waals surface area contributed by atoms with Crippen LogP contribution in [0.15, 0.2) is 6.07 Å². The van der Waals surface area contributed by atoms with E-state index in [9.17, 15) is 17.6 Å². The van der Waals surface area contributed by atoms with E-state index in [1.165, 1.54) is 7.11 Å². The Morgan fingerprint density at radius 3 is 2.60 bits per heavy atom. The summed E-state index contributed by atoms with van der Waals surface area (Å²) in [5, 5.41) is 0. The second-order valence-electron chi connectivity index (χ2n) is 9.55. The Hall–Kier alpha value is -2.18. The van der Waals surface area contributed by atoms with Crippen molar-refractivity contribution in [3.8, 4) is 11.6 Å². The molecule has 0 aromatic carbocycles. The maximum Gasteiger partial charge on any atom is 0.410 e. The van der Waals surface area contributed by atoms with E-state index >= 15 is 0 Å². The Bertz CT molecular complexity index is 1020. The summed E-state index contributed by atoms with van der Waals surface area (Å²) in [7, 11) is -2.06. The molecule has 196 valence electrons. The summed E-state index contributed by atoms with van der Waals surface area (Å²) in [5.74, 6) is -0.556. The fourth-order valence-corrected chi connectivity index (χ4v) is 6.05. The van der Waals surface area contributed by atoms with E-state index in [0.29, 0.717) is 12.8 Å². The van der Waals surface area contributed by atoms with Crippen molar-refractivity contribution in [2.45, 2.75) is 75.6 Å². The molecule has 1 saturated heterocycles. The van der Waals surface area contributed by atoms with Crippen molar-refractivity contribution in [3.05, 3.63) is 17.6 Å². The molecule has 4 heterocycles. The van der Waals surface area contributed by atoms with Crippen molar-refractivity contribution in [3.63, 3.8) is 0 Å². The molecule has 2 unspecified atom stereocenters. The quantitative estimate of drug-likeness (QED) is 0.653. The Labute approximate surface area is 205 Å². The summed E-state index contributed by atoms with van der Waals surface area (Å²) in [6.45, 7) is 2.24. The van der Waals surface area contributed by atoms with Crippen LogP contribution in [-0.2, 0) is 19.5 Å². The number of carbonyl (C=O) groups excluding carboxylic acids is 1. The lowest BCUT2D eigenvalue weighted by Crippen LogP contribution is -2.50. The Morgan fingerprint density at radius 2 is 1.91 bits per heavy atom. The van der Waals surface area contributed by atoms with E-state index in [0.717, 1.165) is 37.6 Å². The van der Waals surface area contributed by atoms with Gasteiger partial charge in [-0.05, 0) is 39.0 Å². The SMILES string of the molecule is COc1cc2nc(c1F)OCCCOC(=O)N1C(C)CC(NS(C)(=O)=O)[C@@H]1COC1CCC2CC1. The van der Waals surface area contributed by atoms with Crippen molar-refractivity contribution >= 4 is 16.1 Å². The molecule has 0 radical (unpaired) electrons. The van der Waals surface area contributed by atoms with Gasteiger partial charge in [0.15, 0.2) is 5.75 Å². The Morgan fingerprint density at radius 1 is 1.20 bits per heavy atom. The lowest BCUT2D eigenvalue weighted by Gasteiger charge is -2.33. The number of halogens is 1. The van der Waals surface area contributed by atoms with Crippen molar-refractivity contribution < 1.29 is 36.6 Å². The average molecular weight is 516 g/mol. The number of methoxy groups -OCH3 is 1. The van der Waals surface area contributed by atoms with Gasteiger partial charge in [-0.15, -0.1) is 0 Å². The van der Waals surface area contributed by atoms with Crippen molar-refractivity contribution in [2.75, 3.05) is 33.2 Å². The number of carbonyl (C=O) groups is 1. The van der Waals surface area contributed by atoms with Gasteiger partial charge < -0.3 is 18.9 Å². The third-order valence-electron chi connectivity index (χ3n) is 6.95. The molecule has 5 rings (SSSR count). The highest BCUT2D eigenvalue weighted by molar-refractivity contribution is 7.88. The van der Waals surface area contributed by atoms with E-state index in [1.54, 1.807) is 11.0 Å². The number of pyridine rings is 1. The Balaban J connectivity index is 1.55. The first-order chi connectivity index (χ1) is 16.7. The zero-order valence-corrected chi connectivity index (χ0v) is 21.2. The van der Waals surface area contributed by atoms with Crippen LogP contribution in [0.25, 0.3) is 0 Å². The van der Waals surface area contributed by atoms with Crippen LogP contribution in [-0.4, -0.2) is 81.8 Å². The molecule has 1 aromatic rings. The molecule has 1 aromatic heterocycles. The van der Waals surface area contributed by atoms with Crippen LogP contribution in [0.2, 0.25) is 0 Å². The standard InChI is InChI=1S/C23H34FN3O7S/c1-14-11-18(26-35(3,29)30)19-13-34-16-7-5-15(6-8-16)17-12-20(31-2)21(24)22(25-17)32-9-4-10-33-23(28)27(14)19/h12,14-16,18-19,26H,4-11,13H2,1-3H3/t14?,15?,16?,18?,19-/m0/s1. The number of sulfonamides is 1. The smallest absolute Gasteiger partial charge is 0.410 e. The van der Waals surface area contributed by atoms with Gasteiger partial charge >= 0.3 is 6.09 Å². The predicted octanol–water partition coefficient (Wildman–Crippen LogP) is 2.57. The lowest BCUT2D eigenvalue weighted by molar-refractivity contribution is -0.0107. The van der Waals surface area contributed by atoms with Crippen LogP contribution >= 0.6 is 0 Å². The minimum Gasteiger partial charge on any atom is -0.493 e. The molecule has 0 spiro atoms. The average Bonchev–Trinajstić information content (AvgIpc) is 3.11. The predicted molar refractivity (Wildman–Crippen MR) is 125 cm³/mol. The van der Waals surface area contributed by atoms with E-state index in [1.807, 2.05) is 6.92 Å². The zero-order chi connectivity index (χ0) is 25.2. The molecule has 35 heavy (non-hydrogen) atoms. The third-order valence-corrected chi connectivity index (χ3v) is 7.68. The molecule has 10 nitrogen and oxygen atoms in total.